The molecule has 3 nitrogen and oxygen atoms in total. The second-order valence-corrected chi connectivity index (χ2v) is 4.38. The van der Waals surface area contributed by atoms with Gasteiger partial charge in [0.15, 0.2) is 0 Å². The highest BCUT2D eigenvalue weighted by molar-refractivity contribution is 6.26. The second kappa shape index (κ2) is 10.7. The van der Waals surface area contributed by atoms with Gasteiger partial charge in [-0.15, -0.1) is 0 Å². The van der Waals surface area contributed by atoms with Crippen LogP contribution in [0.5, 0.6) is 0 Å². The monoisotopic (exact) mass is 218 g/mol. The van der Waals surface area contributed by atoms with Crippen LogP contribution in [0.3, 0.4) is 0 Å². The van der Waals surface area contributed by atoms with Crippen LogP contribution in [0.2, 0.25) is 0 Å². The molecule has 4 heteroatoms. The average molecular weight is 218 g/mol. The molecule has 0 saturated carbocycles. The van der Waals surface area contributed by atoms with Crippen molar-refractivity contribution in [3.63, 3.8) is 0 Å². The first kappa shape index (κ1) is 13.6. The third kappa shape index (κ3) is 9.70. The molecule has 0 amide bonds. The van der Waals surface area contributed by atoms with Crippen molar-refractivity contribution in [3.8, 4) is 0 Å². The molecule has 0 aliphatic heterocycles. The minimum atomic E-state index is -2.19. The topological polar surface area (TPSA) is 35.5 Å². The third-order valence-corrected chi connectivity index (χ3v) is 2.94. The van der Waals surface area contributed by atoms with E-state index in [2.05, 4.69) is 6.92 Å². The van der Waals surface area contributed by atoms with Crippen molar-refractivity contribution in [2.75, 3.05) is 13.2 Å². The van der Waals surface area contributed by atoms with Gasteiger partial charge in [-0.3, -0.25) is 4.46 Å². The van der Waals surface area contributed by atoms with Crippen molar-refractivity contribution in [3.05, 3.63) is 0 Å². The molecule has 0 aliphatic carbocycles. The summed E-state index contributed by atoms with van der Waals surface area (Å²) < 4.78 is 20.7. The summed E-state index contributed by atoms with van der Waals surface area (Å²) in [5.74, 6) is 0. The van der Waals surface area contributed by atoms with E-state index in [1.807, 2.05) is 6.92 Å². The minimum absolute atomic E-state index is 0.467. The largest absolute Gasteiger partial charge is 0.767 e. The first-order valence-electron chi connectivity index (χ1n) is 5.60. The van der Waals surface area contributed by atoms with Crippen molar-refractivity contribution >= 4 is 9.17 Å². The van der Waals surface area contributed by atoms with E-state index < -0.39 is 9.17 Å². The molecule has 0 aromatic carbocycles. The standard InChI is InChI=1S/C10H22O3Si/c1-3-5-6-7-8-9-10-13-14(11)12-4-2/h3-10H2,1-2H3. The van der Waals surface area contributed by atoms with Gasteiger partial charge >= 0.3 is 9.17 Å². The fourth-order valence-electron chi connectivity index (χ4n) is 1.20. The van der Waals surface area contributed by atoms with E-state index in [-0.39, 0.29) is 0 Å². The first-order valence-corrected chi connectivity index (χ1v) is 6.83. The Morgan fingerprint density at radius 3 is 2.21 bits per heavy atom. The highest BCUT2D eigenvalue weighted by atomic mass is 28.3. The van der Waals surface area contributed by atoms with E-state index in [9.17, 15) is 4.46 Å². The summed E-state index contributed by atoms with van der Waals surface area (Å²) in [5.41, 5.74) is 0. The first-order chi connectivity index (χ1) is 6.81. The van der Waals surface area contributed by atoms with Crippen LogP contribution in [0.25, 0.3) is 0 Å². The van der Waals surface area contributed by atoms with Crippen LogP contribution in [-0.4, -0.2) is 22.4 Å². The van der Waals surface area contributed by atoms with Crippen LogP contribution in [0.4, 0.5) is 0 Å². The predicted octanol–water partition coefficient (Wildman–Crippen LogP) is 2.82. The molecule has 14 heavy (non-hydrogen) atoms. The zero-order valence-corrected chi connectivity index (χ0v) is 10.4. The lowest BCUT2D eigenvalue weighted by molar-refractivity contribution is 0.172. The Labute approximate surface area is 88.7 Å². The van der Waals surface area contributed by atoms with Gasteiger partial charge in [0, 0.05) is 0 Å². The Hall–Kier alpha value is -0.383. The molecule has 0 atom stereocenters. The molecule has 0 unspecified atom stereocenters. The van der Waals surface area contributed by atoms with Crippen LogP contribution in [0.15, 0.2) is 0 Å². The fraction of sp³-hybridized carbons (Fsp3) is 1.00. The normalized spacial score (nSPS) is 9.86. The Kier molecular flexibility index (Phi) is 10.4. The maximum atomic E-state index is 10.9. The smallest absolute Gasteiger partial charge is 0.496 e. The van der Waals surface area contributed by atoms with Gasteiger partial charge in [0.1, 0.15) is 0 Å². The van der Waals surface area contributed by atoms with Gasteiger partial charge in [0.2, 0.25) is 0 Å². The van der Waals surface area contributed by atoms with Gasteiger partial charge < -0.3 is 8.85 Å². The molecule has 0 fully saturated rings. The zero-order valence-electron chi connectivity index (χ0n) is 9.38. The molecule has 0 spiro atoms. The summed E-state index contributed by atoms with van der Waals surface area (Å²) in [6.45, 7) is 5.06. The highest BCUT2D eigenvalue weighted by Gasteiger charge is 2.07. The Balaban J connectivity index is 3.01. The molecular weight excluding hydrogens is 196 g/mol. The Morgan fingerprint density at radius 1 is 0.929 bits per heavy atom. The number of hydrogen-bond acceptors (Lipinski definition) is 3. The van der Waals surface area contributed by atoms with Crippen molar-refractivity contribution in [2.45, 2.75) is 52.4 Å². The van der Waals surface area contributed by atoms with Gasteiger partial charge in [-0.05, 0) is 13.3 Å². The summed E-state index contributed by atoms with van der Waals surface area (Å²) >= 11 is 0. The molecule has 0 aromatic rings. The predicted molar refractivity (Wildman–Crippen MR) is 57.4 cm³/mol. The van der Waals surface area contributed by atoms with E-state index >= 15 is 0 Å². The van der Waals surface area contributed by atoms with E-state index in [1.165, 1.54) is 32.1 Å². The van der Waals surface area contributed by atoms with Crippen molar-refractivity contribution < 1.29 is 13.3 Å². The van der Waals surface area contributed by atoms with Gasteiger partial charge in [-0.2, -0.15) is 0 Å². The molecular formula is C10H22O3Si. The molecule has 0 saturated heterocycles. The number of hydrogen-bond donors (Lipinski definition) is 0. The van der Waals surface area contributed by atoms with Crippen LogP contribution < -0.4 is 0 Å². The molecule has 0 aliphatic rings. The van der Waals surface area contributed by atoms with Gasteiger partial charge in [-0.25, -0.2) is 0 Å². The lowest BCUT2D eigenvalue weighted by Crippen LogP contribution is -2.12. The molecule has 0 bridgehead atoms. The van der Waals surface area contributed by atoms with Crippen LogP contribution in [-0.2, 0) is 13.3 Å². The van der Waals surface area contributed by atoms with Gasteiger partial charge in [0.05, 0.1) is 13.2 Å². The van der Waals surface area contributed by atoms with Crippen LogP contribution >= 0.6 is 0 Å². The summed E-state index contributed by atoms with van der Waals surface area (Å²) in [5, 5.41) is 0. The van der Waals surface area contributed by atoms with E-state index in [0.717, 1.165) is 6.42 Å². The zero-order chi connectivity index (χ0) is 10.6. The molecule has 0 N–H and O–H groups in total. The molecule has 84 valence electrons. The highest BCUT2D eigenvalue weighted by Crippen LogP contribution is 2.04. The summed E-state index contributed by atoms with van der Waals surface area (Å²) in [4.78, 5) is 0. The Morgan fingerprint density at radius 2 is 1.57 bits per heavy atom. The van der Waals surface area contributed by atoms with E-state index in [0.29, 0.717) is 13.2 Å². The molecule has 0 radical (unpaired) electrons. The van der Waals surface area contributed by atoms with Crippen molar-refractivity contribution in [2.24, 2.45) is 0 Å². The SMILES string of the molecule is CCCCCCCCO[Si](=O)OCC. The Bertz CT molecular complexity index is 139. The second-order valence-electron chi connectivity index (χ2n) is 3.30. The maximum Gasteiger partial charge on any atom is 0.767 e. The summed E-state index contributed by atoms with van der Waals surface area (Å²) in [6, 6.07) is 0. The average Bonchev–Trinajstić information content (AvgIpc) is 2.17. The van der Waals surface area contributed by atoms with Crippen molar-refractivity contribution in [1.29, 1.82) is 0 Å². The van der Waals surface area contributed by atoms with Gasteiger partial charge in [-0.1, -0.05) is 39.0 Å². The quantitative estimate of drug-likeness (QED) is 0.418. The van der Waals surface area contributed by atoms with Crippen LogP contribution in [0.1, 0.15) is 52.4 Å². The van der Waals surface area contributed by atoms with Crippen molar-refractivity contribution in [1.82, 2.24) is 0 Å². The molecule has 0 aromatic heterocycles. The molecule has 0 heterocycles. The van der Waals surface area contributed by atoms with Gasteiger partial charge in [0.25, 0.3) is 0 Å². The third-order valence-electron chi connectivity index (χ3n) is 1.98. The molecule has 0 rings (SSSR count). The summed E-state index contributed by atoms with van der Waals surface area (Å²) in [6.07, 6.45) is 7.31. The van der Waals surface area contributed by atoms with E-state index in [4.69, 9.17) is 8.85 Å². The fourth-order valence-corrected chi connectivity index (χ4v) is 1.83. The maximum absolute atomic E-state index is 10.9. The summed E-state index contributed by atoms with van der Waals surface area (Å²) in [7, 11) is -2.19. The van der Waals surface area contributed by atoms with E-state index in [1.54, 1.807) is 0 Å². The van der Waals surface area contributed by atoms with Crippen LogP contribution in [0, 0.1) is 0 Å². The number of unbranched alkanes of at least 4 members (excludes halogenated alkanes) is 5. The lowest BCUT2D eigenvalue weighted by Gasteiger charge is -2.03. The lowest BCUT2D eigenvalue weighted by atomic mass is 10.1. The number of rotatable bonds is 10. The minimum Gasteiger partial charge on any atom is -0.496 e.